The van der Waals surface area contributed by atoms with Crippen molar-refractivity contribution in [3.8, 4) is 0 Å². The van der Waals surface area contributed by atoms with E-state index in [9.17, 15) is 4.79 Å². The average Bonchev–Trinajstić information content (AvgIpc) is 2.55. The van der Waals surface area contributed by atoms with E-state index in [2.05, 4.69) is 6.92 Å². The fraction of sp³-hybridized carbons (Fsp3) is 0.900. The van der Waals surface area contributed by atoms with Gasteiger partial charge in [0.05, 0.1) is 0 Å². The summed E-state index contributed by atoms with van der Waals surface area (Å²) in [6, 6.07) is 0. The highest BCUT2D eigenvalue weighted by molar-refractivity contribution is 5.60. The number of hydrogen-bond acceptors (Lipinski definition) is 1. The fourth-order valence-corrected chi connectivity index (χ4v) is 3.08. The minimum Gasteiger partial charge on any atom is -0.303 e. The van der Waals surface area contributed by atoms with Crippen LogP contribution in [-0.2, 0) is 4.79 Å². The number of carbonyl (C=O) groups excluding carboxylic acids is 1. The molecule has 0 aliphatic heterocycles. The van der Waals surface area contributed by atoms with Gasteiger partial charge in [-0.2, -0.15) is 0 Å². The summed E-state index contributed by atoms with van der Waals surface area (Å²) in [5.41, 5.74) is 0.0567. The number of hydrogen-bond donors (Lipinski definition) is 0. The summed E-state index contributed by atoms with van der Waals surface area (Å²) >= 11 is 0. The van der Waals surface area contributed by atoms with E-state index in [0.29, 0.717) is 0 Å². The minimum atomic E-state index is 0.0567. The van der Waals surface area contributed by atoms with E-state index in [1.54, 1.807) is 0 Å². The first-order valence-electron chi connectivity index (χ1n) is 4.72. The lowest BCUT2D eigenvalue weighted by Gasteiger charge is -2.23. The summed E-state index contributed by atoms with van der Waals surface area (Å²) in [6.07, 6.45) is 7.71. The van der Waals surface area contributed by atoms with Crippen LogP contribution >= 0.6 is 0 Å². The predicted octanol–water partition coefficient (Wildman–Crippen LogP) is 2.40. The summed E-state index contributed by atoms with van der Waals surface area (Å²) in [5.74, 6) is 1.63. The zero-order valence-electron chi connectivity index (χ0n) is 7.18. The van der Waals surface area contributed by atoms with Crippen LogP contribution < -0.4 is 0 Å². The fourth-order valence-electron chi connectivity index (χ4n) is 3.08. The highest BCUT2D eigenvalue weighted by Crippen LogP contribution is 2.53. The molecule has 1 heteroatoms. The largest absolute Gasteiger partial charge is 0.303 e. The van der Waals surface area contributed by atoms with Crippen LogP contribution in [0, 0.1) is 17.3 Å². The van der Waals surface area contributed by atoms with E-state index in [0.717, 1.165) is 18.3 Å². The smallest absolute Gasteiger partial charge is 0.126 e. The SMILES string of the molecule is CC1(C=O)CCC2CCCC21. The predicted molar refractivity (Wildman–Crippen MR) is 44.2 cm³/mol. The van der Waals surface area contributed by atoms with Gasteiger partial charge in [0.15, 0.2) is 0 Å². The van der Waals surface area contributed by atoms with Crippen LogP contribution in [0.25, 0.3) is 0 Å². The van der Waals surface area contributed by atoms with E-state index in [1.807, 2.05) is 0 Å². The third kappa shape index (κ3) is 0.935. The van der Waals surface area contributed by atoms with Crippen molar-refractivity contribution in [2.24, 2.45) is 17.3 Å². The van der Waals surface area contributed by atoms with E-state index in [1.165, 1.54) is 32.0 Å². The van der Waals surface area contributed by atoms with Crippen molar-refractivity contribution in [1.82, 2.24) is 0 Å². The van der Waals surface area contributed by atoms with Gasteiger partial charge in [0.2, 0.25) is 0 Å². The normalized spacial score (nSPS) is 49.2. The van der Waals surface area contributed by atoms with Crippen molar-refractivity contribution in [3.05, 3.63) is 0 Å². The molecular weight excluding hydrogens is 136 g/mol. The van der Waals surface area contributed by atoms with Gasteiger partial charge >= 0.3 is 0 Å². The number of rotatable bonds is 1. The first-order chi connectivity index (χ1) is 5.26. The van der Waals surface area contributed by atoms with Crippen molar-refractivity contribution in [2.75, 3.05) is 0 Å². The maximum atomic E-state index is 10.9. The van der Waals surface area contributed by atoms with Gasteiger partial charge < -0.3 is 4.79 Å². The maximum absolute atomic E-state index is 10.9. The van der Waals surface area contributed by atoms with E-state index in [-0.39, 0.29) is 5.41 Å². The molecule has 1 nitrogen and oxygen atoms in total. The Morgan fingerprint density at radius 3 is 2.91 bits per heavy atom. The summed E-state index contributed by atoms with van der Waals surface area (Å²) in [6.45, 7) is 2.15. The Hall–Kier alpha value is -0.330. The van der Waals surface area contributed by atoms with Gasteiger partial charge in [0, 0.05) is 5.41 Å². The zero-order valence-corrected chi connectivity index (χ0v) is 7.18. The Labute approximate surface area is 68.2 Å². The summed E-state index contributed by atoms with van der Waals surface area (Å²) in [5, 5.41) is 0. The van der Waals surface area contributed by atoms with Gasteiger partial charge in [-0.3, -0.25) is 0 Å². The molecule has 2 aliphatic rings. The first-order valence-corrected chi connectivity index (χ1v) is 4.72. The van der Waals surface area contributed by atoms with Crippen molar-refractivity contribution in [1.29, 1.82) is 0 Å². The molecule has 2 fully saturated rings. The second-order valence-electron chi connectivity index (χ2n) is 4.46. The molecule has 11 heavy (non-hydrogen) atoms. The second-order valence-corrected chi connectivity index (χ2v) is 4.46. The van der Waals surface area contributed by atoms with Crippen LogP contribution in [0.3, 0.4) is 0 Å². The van der Waals surface area contributed by atoms with E-state index < -0.39 is 0 Å². The van der Waals surface area contributed by atoms with Crippen molar-refractivity contribution < 1.29 is 4.79 Å². The average molecular weight is 152 g/mol. The zero-order chi connectivity index (χ0) is 7.90. The molecule has 0 saturated heterocycles. The number of carbonyl (C=O) groups is 1. The molecule has 0 aromatic rings. The topological polar surface area (TPSA) is 17.1 Å². The maximum Gasteiger partial charge on any atom is 0.126 e. The molecule has 0 radical (unpaired) electrons. The number of fused-ring (bicyclic) bond motifs is 1. The number of aldehydes is 1. The van der Waals surface area contributed by atoms with Crippen LogP contribution in [0.4, 0.5) is 0 Å². The van der Waals surface area contributed by atoms with Gasteiger partial charge in [-0.15, -0.1) is 0 Å². The Morgan fingerprint density at radius 2 is 2.18 bits per heavy atom. The third-order valence-electron chi connectivity index (χ3n) is 3.83. The Balaban J connectivity index is 2.20. The molecule has 3 unspecified atom stereocenters. The monoisotopic (exact) mass is 152 g/mol. The highest BCUT2D eigenvalue weighted by atomic mass is 16.1. The Morgan fingerprint density at radius 1 is 1.36 bits per heavy atom. The lowest BCUT2D eigenvalue weighted by molar-refractivity contribution is -0.117. The molecule has 0 bridgehead atoms. The van der Waals surface area contributed by atoms with Gasteiger partial charge in [0.1, 0.15) is 6.29 Å². The second kappa shape index (κ2) is 2.33. The van der Waals surface area contributed by atoms with Crippen LogP contribution in [0.1, 0.15) is 39.0 Å². The summed E-state index contributed by atoms with van der Waals surface area (Å²) in [7, 11) is 0. The quantitative estimate of drug-likeness (QED) is 0.527. The Kier molecular flexibility index (Phi) is 1.55. The lowest BCUT2D eigenvalue weighted by Crippen LogP contribution is -2.23. The molecule has 0 spiro atoms. The first kappa shape index (κ1) is 7.33. The van der Waals surface area contributed by atoms with Gasteiger partial charge in [0.25, 0.3) is 0 Å². The molecule has 0 aromatic heterocycles. The Bertz CT molecular complexity index is 176. The van der Waals surface area contributed by atoms with E-state index in [4.69, 9.17) is 0 Å². The molecular formula is C10H16O. The molecule has 2 rings (SSSR count). The molecule has 62 valence electrons. The molecule has 0 aromatic carbocycles. The molecule has 0 amide bonds. The van der Waals surface area contributed by atoms with Crippen LogP contribution in [0.5, 0.6) is 0 Å². The molecule has 3 atom stereocenters. The van der Waals surface area contributed by atoms with Crippen molar-refractivity contribution in [3.63, 3.8) is 0 Å². The van der Waals surface area contributed by atoms with Crippen LogP contribution in [-0.4, -0.2) is 6.29 Å². The van der Waals surface area contributed by atoms with Crippen molar-refractivity contribution in [2.45, 2.75) is 39.0 Å². The van der Waals surface area contributed by atoms with Gasteiger partial charge in [-0.05, 0) is 31.1 Å². The van der Waals surface area contributed by atoms with Crippen molar-refractivity contribution >= 4 is 6.29 Å². The standard InChI is InChI=1S/C10H16O/c1-10(7-11)6-5-8-3-2-4-9(8)10/h7-9H,2-6H2,1H3. The third-order valence-corrected chi connectivity index (χ3v) is 3.83. The highest BCUT2D eigenvalue weighted by Gasteiger charge is 2.46. The minimum absolute atomic E-state index is 0.0567. The molecule has 0 heterocycles. The van der Waals surface area contributed by atoms with Gasteiger partial charge in [-0.1, -0.05) is 19.8 Å². The summed E-state index contributed by atoms with van der Waals surface area (Å²) < 4.78 is 0. The molecule has 2 aliphatic carbocycles. The molecule has 2 saturated carbocycles. The van der Waals surface area contributed by atoms with Crippen LogP contribution in [0.2, 0.25) is 0 Å². The lowest BCUT2D eigenvalue weighted by atomic mass is 9.79. The van der Waals surface area contributed by atoms with Gasteiger partial charge in [-0.25, -0.2) is 0 Å². The molecule has 0 N–H and O–H groups in total. The van der Waals surface area contributed by atoms with E-state index >= 15 is 0 Å². The van der Waals surface area contributed by atoms with Crippen LogP contribution in [0.15, 0.2) is 0 Å². The summed E-state index contributed by atoms with van der Waals surface area (Å²) in [4.78, 5) is 10.9.